The third-order valence-electron chi connectivity index (χ3n) is 3.71. The number of carbonyl (C=O) groups excluding carboxylic acids is 2. The molecule has 0 saturated heterocycles. The highest BCUT2D eigenvalue weighted by molar-refractivity contribution is 5.89. The first-order chi connectivity index (χ1) is 10.6. The molecule has 0 aliphatic heterocycles. The van der Waals surface area contributed by atoms with E-state index in [-0.39, 0.29) is 11.9 Å². The van der Waals surface area contributed by atoms with Gasteiger partial charge in [0, 0.05) is 20.0 Å². The van der Waals surface area contributed by atoms with Crippen molar-refractivity contribution in [2.24, 2.45) is 0 Å². The predicted molar refractivity (Wildman–Crippen MR) is 87.6 cm³/mol. The van der Waals surface area contributed by atoms with E-state index in [1.165, 1.54) is 26.4 Å². The van der Waals surface area contributed by atoms with Crippen LogP contribution < -0.4 is 0 Å². The van der Waals surface area contributed by atoms with Gasteiger partial charge in [0.25, 0.3) is 0 Å². The van der Waals surface area contributed by atoms with Crippen LogP contribution in [0.3, 0.4) is 0 Å². The van der Waals surface area contributed by atoms with E-state index in [2.05, 4.69) is 11.7 Å². The van der Waals surface area contributed by atoms with Gasteiger partial charge in [-0.15, -0.1) is 0 Å². The summed E-state index contributed by atoms with van der Waals surface area (Å²) in [5.41, 5.74) is 1.53. The number of nitrogens with zero attached hydrogens (tertiary/aromatic N) is 1. The third-order valence-corrected chi connectivity index (χ3v) is 3.71. The van der Waals surface area contributed by atoms with Crippen LogP contribution >= 0.6 is 0 Å². The zero-order valence-corrected chi connectivity index (χ0v) is 13.9. The zero-order valence-electron chi connectivity index (χ0n) is 13.9. The number of benzene rings is 1. The molecule has 4 heteroatoms. The van der Waals surface area contributed by atoms with Crippen molar-refractivity contribution in [2.45, 2.75) is 52.0 Å². The maximum Gasteiger partial charge on any atom is 0.337 e. The summed E-state index contributed by atoms with van der Waals surface area (Å²) in [6, 6.07) is 7.17. The summed E-state index contributed by atoms with van der Waals surface area (Å²) in [4.78, 5) is 25.2. The molecule has 0 fully saturated rings. The quantitative estimate of drug-likeness (QED) is 0.515. The Morgan fingerprint density at radius 1 is 1.05 bits per heavy atom. The molecule has 0 heterocycles. The van der Waals surface area contributed by atoms with Crippen molar-refractivity contribution in [3.63, 3.8) is 0 Å². The van der Waals surface area contributed by atoms with Gasteiger partial charge in [0.1, 0.15) is 0 Å². The largest absolute Gasteiger partial charge is 0.465 e. The molecule has 0 atom stereocenters. The van der Waals surface area contributed by atoms with Crippen molar-refractivity contribution >= 4 is 11.9 Å². The second-order valence-corrected chi connectivity index (χ2v) is 5.60. The molecule has 1 aromatic carbocycles. The summed E-state index contributed by atoms with van der Waals surface area (Å²) in [5.74, 6) is -0.170. The molecular weight excluding hydrogens is 278 g/mol. The molecule has 0 aromatic heterocycles. The molecular formula is C18H27NO3. The summed E-state index contributed by atoms with van der Waals surface area (Å²) >= 11 is 0. The Bertz CT molecular complexity index is 468. The van der Waals surface area contributed by atoms with E-state index in [0.29, 0.717) is 18.5 Å². The molecule has 0 bridgehead atoms. The standard InChI is InChI=1S/C18H27NO3/c1-4-5-6-7-8-9-17(20)19(2)14-15-10-12-16(13-11-15)18(21)22-3/h10-13H,4-9,14H2,1-3H3. The fourth-order valence-electron chi connectivity index (χ4n) is 2.30. The first-order valence-corrected chi connectivity index (χ1v) is 7.99. The lowest BCUT2D eigenvalue weighted by Crippen LogP contribution is -2.25. The molecule has 22 heavy (non-hydrogen) atoms. The lowest BCUT2D eigenvalue weighted by atomic mass is 10.1. The smallest absolute Gasteiger partial charge is 0.337 e. The van der Waals surface area contributed by atoms with Gasteiger partial charge in [-0.05, 0) is 24.1 Å². The Morgan fingerprint density at radius 3 is 2.27 bits per heavy atom. The highest BCUT2D eigenvalue weighted by Crippen LogP contribution is 2.10. The number of methoxy groups -OCH3 is 1. The monoisotopic (exact) mass is 305 g/mol. The Hall–Kier alpha value is -1.84. The number of amides is 1. The molecule has 4 nitrogen and oxygen atoms in total. The minimum atomic E-state index is -0.344. The molecule has 0 N–H and O–H groups in total. The first kappa shape index (κ1) is 18.2. The molecule has 1 rings (SSSR count). The van der Waals surface area contributed by atoms with Gasteiger partial charge in [0.2, 0.25) is 5.91 Å². The van der Waals surface area contributed by atoms with Gasteiger partial charge in [0.15, 0.2) is 0 Å². The van der Waals surface area contributed by atoms with Crippen molar-refractivity contribution in [3.05, 3.63) is 35.4 Å². The van der Waals surface area contributed by atoms with Crippen LogP contribution in [-0.2, 0) is 16.1 Å². The highest BCUT2D eigenvalue weighted by atomic mass is 16.5. The molecule has 122 valence electrons. The van der Waals surface area contributed by atoms with Crippen LogP contribution in [0.4, 0.5) is 0 Å². The summed E-state index contributed by atoms with van der Waals surface area (Å²) in [5, 5.41) is 0. The average molecular weight is 305 g/mol. The van der Waals surface area contributed by atoms with E-state index in [1.807, 2.05) is 19.2 Å². The van der Waals surface area contributed by atoms with Crippen LogP contribution in [0.25, 0.3) is 0 Å². The van der Waals surface area contributed by atoms with Crippen LogP contribution in [0.2, 0.25) is 0 Å². The number of esters is 1. The number of ether oxygens (including phenoxy) is 1. The van der Waals surface area contributed by atoms with Crippen LogP contribution in [0, 0.1) is 0 Å². The molecule has 0 aliphatic carbocycles. The number of hydrogen-bond donors (Lipinski definition) is 0. The van der Waals surface area contributed by atoms with E-state index in [1.54, 1.807) is 17.0 Å². The molecule has 1 amide bonds. The number of rotatable bonds is 9. The lowest BCUT2D eigenvalue weighted by Gasteiger charge is -2.17. The molecule has 0 unspecified atom stereocenters. The molecule has 1 aromatic rings. The summed E-state index contributed by atoms with van der Waals surface area (Å²) in [6.45, 7) is 2.75. The van der Waals surface area contributed by atoms with Crippen LogP contribution in [0.15, 0.2) is 24.3 Å². The minimum absolute atomic E-state index is 0.175. The zero-order chi connectivity index (χ0) is 16.4. The summed E-state index contributed by atoms with van der Waals surface area (Å²) < 4.78 is 4.66. The number of carbonyl (C=O) groups is 2. The normalized spacial score (nSPS) is 10.3. The second-order valence-electron chi connectivity index (χ2n) is 5.60. The number of unbranched alkanes of at least 4 members (excludes halogenated alkanes) is 4. The highest BCUT2D eigenvalue weighted by Gasteiger charge is 2.10. The lowest BCUT2D eigenvalue weighted by molar-refractivity contribution is -0.130. The van der Waals surface area contributed by atoms with Gasteiger partial charge < -0.3 is 9.64 Å². The van der Waals surface area contributed by atoms with Gasteiger partial charge in [-0.2, -0.15) is 0 Å². The molecule has 0 spiro atoms. The van der Waals surface area contributed by atoms with E-state index in [9.17, 15) is 9.59 Å². The van der Waals surface area contributed by atoms with E-state index in [0.717, 1.165) is 18.4 Å². The van der Waals surface area contributed by atoms with Gasteiger partial charge in [0.05, 0.1) is 12.7 Å². The van der Waals surface area contributed by atoms with Crippen LogP contribution in [0.5, 0.6) is 0 Å². The molecule has 0 aliphatic rings. The molecule has 0 saturated carbocycles. The number of hydrogen-bond acceptors (Lipinski definition) is 3. The van der Waals surface area contributed by atoms with Gasteiger partial charge in [-0.25, -0.2) is 4.79 Å². The Morgan fingerprint density at radius 2 is 1.68 bits per heavy atom. The van der Waals surface area contributed by atoms with Gasteiger partial charge in [-0.3, -0.25) is 4.79 Å². The fourth-order valence-corrected chi connectivity index (χ4v) is 2.30. The minimum Gasteiger partial charge on any atom is -0.465 e. The summed E-state index contributed by atoms with van der Waals surface area (Å²) in [6.07, 6.45) is 6.38. The second kappa shape index (κ2) is 9.98. The summed E-state index contributed by atoms with van der Waals surface area (Å²) in [7, 11) is 3.19. The predicted octanol–water partition coefficient (Wildman–Crippen LogP) is 3.79. The Balaban J connectivity index is 2.38. The van der Waals surface area contributed by atoms with E-state index >= 15 is 0 Å². The van der Waals surface area contributed by atoms with Gasteiger partial charge in [-0.1, -0.05) is 44.7 Å². The van der Waals surface area contributed by atoms with Crippen LogP contribution in [-0.4, -0.2) is 30.9 Å². The van der Waals surface area contributed by atoms with E-state index in [4.69, 9.17) is 0 Å². The third kappa shape index (κ3) is 6.29. The molecule has 0 radical (unpaired) electrons. The van der Waals surface area contributed by atoms with Crippen molar-refractivity contribution in [1.29, 1.82) is 0 Å². The maximum atomic E-state index is 12.1. The van der Waals surface area contributed by atoms with Crippen molar-refractivity contribution in [1.82, 2.24) is 4.90 Å². The maximum absolute atomic E-state index is 12.1. The van der Waals surface area contributed by atoms with Crippen LogP contribution in [0.1, 0.15) is 61.4 Å². The van der Waals surface area contributed by atoms with E-state index < -0.39 is 0 Å². The van der Waals surface area contributed by atoms with Gasteiger partial charge >= 0.3 is 5.97 Å². The Labute approximate surface area is 133 Å². The Kier molecular flexibility index (Phi) is 8.26. The van der Waals surface area contributed by atoms with Crippen molar-refractivity contribution < 1.29 is 14.3 Å². The average Bonchev–Trinajstić information content (AvgIpc) is 2.54. The SMILES string of the molecule is CCCCCCCC(=O)N(C)Cc1ccc(C(=O)OC)cc1. The fraction of sp³-hybridized carbons (Fsp3) is 0.556. The van der Waals surface area contributed by atoms with Crippen molar-refractivity contribution in [2.75, 3.05) is 14.2 Å². The van der Waals surface area contributed by atoms with Crippen molar-refractivity contribution in [3.8, 4) is 0 Å². The first-order valence-electron chi connectivity index (χ1n) is 7.99. The topological polar surface area (TPSA) is 46.6 Å².